The number of anilines is 1. The summed E-state index contributed by atoms with van der Waals surface area (Å²) in [5.74, 6) is -1.44. The second kappa shape index (κ2) is 13.0. The van der Waals surface area contributed by atoms with Crippen molar-refractivity contribution in [2.24, 2.45) is 0 Å². The third-order valence-electron chi connectivity index (χ3n) is 6.65. The fourth-order valence-corrected chi connectivity index (χ4v) is 5.51. The predicted molar refractivity (Wildman–Crippen MR) is 139 cm³/mol. The van der Waals surface area contributed by atoms with Gasteiger partial charge in [0.25, 0.3) is 0 Å². The van der Waals surface area contributed by atoms with Crippen molar-refractivity contribution in [3.05, 3.63) is 65.7 Å². The molecule has 1 saturated carbocycles. The van der Waals surface area contributed by atoms with E-state index in [9.17, 15) is 26.8 Å². The monoisotopic (exact) mass is 535 g/mol. The molecule has 7 nitrogen and oxygen atoms in total. The van der Waals surface area contributed by atoms with Crippen molar-refractivity contribution in [1.82, 2.24) is 10.2 Å². The topological polar surface area (TPSA) is 86.8 Å². The summed E-state index contributed by atoms with van der Waals surface area (Å²) in [6.45, 7) is 1.80. The molecule has 0 heterocycles. The molecular weight excluding hydrogens is 500 g/mol. The van der Waals surface area contributed by atoms with E-state index in [4.69, 9.17) is 0 Å². The van der Waals surface area contributed by atoms with Crippen LogP contribution in [0.5, 0.6) is 0 Å². The average Bonchev–Trinajstić information content (AvgIpc) is 2.86. The van der Waals surface area contributed by atoms with Crippen LogP contribution in [-0.2, 0) is 26.2 Å². The van der Waals surface area contributed by atoms with Crippen molar-refractivity contribution in [1.29, 1.82) is 0 Å². The third-order valence-corrected chi connectivity index (χ3v) is 7.85. The molecule has 1 atom stereocenters. The van der Waals surface area contributed by atoms with E-state index in [0.29, 0.717) is 11.3 Å². The molecule has 0 aliphatic heterocycles. The zero-order valence-electron chi connectivity index (χ0n) is 21.3. The lowest BCUT2D eigenvalue weighted by Gasteiger charge is -2.31. The Balaban J connectivity index is 1.70. The number of nitrogens with one attached hydrogen (secondary N) is 1. The molecule has 1 unspecified atom stereocenters. The first-order valence-electron chi connectivity index (χ1n) is 12.6. The van der Waals surface area contributed by atoms with Crippen LogP contribution in [0.4, 0.5) is 14.5 Å². The van der Waals surface area contributed by atoms with Gasteiger partial charge in [0.15, 0.2) is 0 Å². The molecular formula is C27H35F2N3O4S. The smallest absolute Gasteiger partial charge is 0.242 e. The van der Waals surface area contributed by atoms with Crippen molar-refractivity contribution in [3.8, 4) is 0 Å². The summed E-state index contributed by atoms with van der Waals surface area (Å²) >= 11 is 0. The van der Waals surface area contributed by atoms with Gasteiger partial charge in [-0.05, 0) is 68.1 Å². The lowest BCUT2D eigenvalue weighted by molar-refractivity contribution is -0.141. The van der Waals surface area contributed by atoms with Crippen molar-refractivity contribution in [2.45, 2.75) is 70.5 Å². The Morgan fingerprint density at radius 3 is 2.11 bits per heavy atom. The van der Waals surface area contributed by atoms with Gasteiger partial charge in [0, 0.05) is 25.6 Å². The number of halogens is 2. The number of hydrogen-bond acceptors (Lipinski definition) is 4. The molecule has 0 radical (unpaired) electrons. The minimum absolute atomic E-state index is 0.00451. The van der Waals surface area contributed by atoms with E-state index < -0.39 is 27.7 Å². The largest absolute Gasteiger partial charge is 0.352 e. The molecule has 2 aromatic carbocycles. The van der Waals surface area contributed by atoms with Gasteiger partial charge >= 0.3 is 0 Å². The van der Waals surface area contributed by atoms with Crippen LogP contribution in [0, 0.1) is 11.6 Å². The van der Waals surface area contributed by atoms with E-state index >= 15 is 0 Å². The number of sulfonamides is 1. The number of carbonyl (C=O) groups excluding carboxylic acids is 2. The van der Waals surface area contributed by atoms with Crippen LogP contribution in [0.2, 0.25) is 0 Å². The average molecular weight is 536 g/mol. The number of benzene rings is 2. The second-order valence-electron chi connectivity index (χ2n) is 9.58. The lowest BCUT2D eigenvalue weighted by atomic mass is 9.95. The molecule has 202 valence electrons. The van der Waals surface area contributed by atoms with Gasteiger partial charge in [-0.2, -0.15) is 0 Å². The van der Waals surface area contributed by atoms with Gasteiger partial charge in [0.05, 0.1) is 11.9 Å². The predicted octanol–water partition coefficient (Wildman–Crippen LogP) is 4.38. The summed E-state index contributed by atoms with van der Waals surface area (Å²) in [7, 11) is -3.66. The molecule has 0 saturated heterocycles. The van der Waals surface area contributed by atoms with E-state index in [1.807, 2.05) is 0 Å². The van der Waals surface area contributed by atoms with Gasteiger partial charge in [-0.1, -0.05) is 31.4 Å². The van der Waals surface area contributed by atoms with Crippen LogP contribution in [-0.4, -0.2) is 50.0 Å². The SMILES string of the molecule is CC(C(=O)NC1CCCCC1)N(Cc1ccc(F)cc1)C(=O)CCCN(c1ccc(F)cc1)S(C)(=O)=O. The maximum Gasteiger partial charge on any atom is 0.242 e. The summed E-state index contributed by atoms with van der Waals surface area (Å²) in [6, 6.07) is 10.2. The molecule has 0 aromatic heterocycles. The molecule has 2 aromatic rings. The highest BCUT2D eigenvalue weighted by Gasteiger charge is 2.28. The van der Waals surface area contributed by atoms with E-state index in [2.05, 4.69) is 5.32 Å². The van der Waals surface area contributed by atoms with Gasteiger partial charge in [0.1, 0.15) is 17.7 Å². The number of amides is 2. The van der Waals surface area contributed by atoms with Crippen molar-refractivity contribution in [3.63, 3.8) is 0 Å². The fourth-order valence-electron chi connectivity index (χ4n) is 4.55. The van der Waals surface area contributed by atoms with Gasteiger partial charge in [0.2, 0.25) is 21.8 Å². The van der Waals surface area contributed by atoms with E-state index in [1.54, 1.807) is 19.1 Å². The van der Waals surface area contributed by atoms with Crippen LogP contribution in [0.25, 0.3) is 0 Å². The summed E-state index contributed by atoms with van der Waals surface area (Å²) in [6.07, 6.45) is 6.33. The van der Waals surface area contributed by atoms with Crippen LogP contribution < -0.4 is 9.62 Å². The van der Waals surface area contributed by atoms with E-state index in [1.165, 1.54) is 41.3 Å². The van der Waals surface area contributed by atoms with Crippen LogP contribution in [0.3, 0.4) is 0 Å². The van der Waals surface area contributed by atoms with Crippen LogP contribution in [0.1, 0.15) is 57.4 Å². The Labute approximate surface area is 217 Å². The number of rotatable bonds is 11. The Morgan fingerprint density at radius 1 is 0.973 bits per heavy atom. The lowest BCUT2D eigenvalue weighted by Crippen LogP contribution is -2.50. The number of nitrogens with zero attached hydrogens (tertiary/aromatic N) is 2. The molecule has 1 N–H and O–H groups in total. The fraction of sp³-hybridized carbons (Fsp3) is 0.481. The van der Waals surface area contributed by atoms with Gasteiger partial charge in [-0.25, -0.2) is 17.2 Å². The van der Waals surface area contributed by atoms with Gasteiger partial charge < -0.3 is 10.2 Å². The molecule has 2 amide bonds. The summed E-state index contributed by atoms with van der Waals surface area (Å²) in [5.41, 5.74) is 0.982. The van der Waals surface area contributed by atoms with Crippen LogP contribution in [0.15, 0.2) is 48.5 Å². The minimum atomic E-state index is -3.66. The van der Waals surface area contributed by atoms with Crippen LogP contribution >= 0.6 is 0 Å². The molecule has 0 bridgehead atoms. The molecule has 0 spiro atoms. The first-order chi connectivity index (χ1) is 17.5. The van der Waals surface area contributed by atoms with Gasteiger partial charge in [-0.3, -0.25) is 13.9 Å². The number of carbonyl (C=O) groups is 2. The highest BCUT2D eigenvalue weighted by Crippen LogP contribution is 2.21. The molecule has 1 aliphatic rings. The van der Waals surface area contributed by atoms with Crippen molar-refractivity contribution >= 4 is 27.5 Å². The van der Waals surface area contributed by atoms with Crippen molar-refractivity contribution in [2.75, 3.05) is 17.1 Å². The second-order valence-corrected chi connectivity index (χ2v) is 11.5. The highest BCUT2D eigenvalue weighted by atomic mass is 32.2. The Hall–Kier alpha value is -3.01. The normalized spacial score (nSPS) is 15.1. The molecule has 10 heteroatoms. The van der Waals surface area contributed by atoms with E-state index in [0.717, 1.165) is 42.7 Å². The first-order valence-corrected chi connectivity index (χ1v) is 14.5. The molecule has 3 rings (SSSR count). The number of hydrogen-bond donors (Lipinski definition) is 1. The summed E-state index contributed by atoms with van der Waals surface area (Å²) < 4.78 is 52.5. The molecule has 37 heavy (non-hydrogen) atoms. The Morgan fingerprint density at radius 2 is 1.54 bits per heavy atom. The summed E-state index contributed by atoms with van der Waals surface area (Å²) in [4.78, 5) is 27.8. The highest BCUT2D eigenvalue weighted by molar-refractivity contribution is 7.92. The molecule has 1 aliphatic carbocycles. The Kier molecular flexibility index (Phi) is 10.0. The first kappa shape index (κ1) is 28.6. The maximum atomic E-state index is 13.4. The van der Waals surface area contributed by atoms with Crippen molar-refractivity contribution < 1.29 is 26.8 Å². The standard InChI is InChI=1S/C27H35F2N3O4S/c1-20(27(34)30-24-7-4-3-5-8-24)31(19-21-10-12-22(28)13-11-21)26(33)9-6-18-32(37(2,35)36)25-16-14-23(29)15-17-25/h10-17,20,24H,3-9,18-19H2,1-2H3,(H,30,34). The third kappa shape index (κ3) is 8.52. The summed E-state index contributed by atoms with van der Waals surface area (Å²) in [5, 5.41) is 3.06. The minimum Gasteiger partial charge on any atom is -0.352 e. The van der Waals surface area contributed by atoms with E-state index in [-0.39, 0.29) is 43.8 Å². The van der Waals surface area contributed by atoms with Gasteiger partial charge in [-0.15, -0.1) is 0 Å². The quantitative estimate of drug-likeness (QED) is 0.463. The zero-order chi connectivity index (χ0) is 27.0. The molecule has 1 fully saturated rings. The zero-order valence-corrected chi connectivity index (χ0v) is 22.1. The Bertz CT molecular complexity index is 1150. The maximum absolute atomic E-state index is 13.4.